The summed E-state index contributed by atoms with van der Waals surface area (Å²) < 4.78 is 11.0. The molecule has 0 fully saturated rings. The lowest BCUT2D eigenvalue weighted by Gasteiger charge is -2.16. The fourth-order valence-electron chi connectivity index (χ4n) is 1.72. The first kappa shape index (κ1) is 16.0. The smallest absolute Gasteiger partial charge is 0.123 e. The molecule has 0 aliphatic heterocycles. The maximum atomic E-state index is 9.77. The molecule has 0 saturated carbocycles. The van der Waals surface area contributed by atoms with Gasteiger partial charge in [0.05, 0.1) is 12.7 Å². The van der Waals surface area contributed by atoms with E-state index in [-0.39, 0.29) is 12.7 Å². The van der Waals surface area contributed by atoms with Crippen LogP contribution in [-0.4, -0.2) is 37.6 Å². The van der Waals surface area contributed by atoms with Crippen molar-refractivity contribution in [1.29, 1.82) is 0 Å². The van der Waals surface area contributed by atoms with Crippen molar-refractivity contribution in [3.8, 4) is 5.75 Å². The quantitative estimate of drug-likeness (QED) is 0.755. The molecule has 2 N–H and O–H groups in total. The Bertz CT molecular complexity index is 380. The van der Waals surface area contributed by atoms with E-state index in [1.807, 2.05) is 40.0 Å². The van der Waals surface area contributed by atoms with Crippen molar-refractivity contribution in [1.82, 2.24) is 5.32 Å². The normalized spacial score (nSPS) is 12.7. The Morgan fingerprint density at radius 3 is 2.63 bits per heavy atom. The van der Waals surface area contributed by atoms with Crippen molar-refractivity contribution >= 4 is 0 Å². The molecule has 1 aromatic rings. The summed E-state index contributed by atoms with van der Waals surface area (Å²) >= 11 is 0. The molecule has 0 aliphatic rings. The van der Waals surface area contributed by atoms with Crippen LogP contribution in [0.4, 0.5) is 0 Å². The molecule has 0 saturated heterocycles. The Labute approximate surface area is 115 Å². The second-order valence-electron chi connectivity index (χ2n) is 4.99. The highest BCUT2D eigenvalue weighted by atomic mass is 16.5. The number of hydrogen-bond acceptors (Lipinski definition) is 4. The molecule has 19 heavy (non-hydrogen) atoms. The van der Waals surface area contributed by atoms with Crippen LogP contribution in [0.1, 0.15) is 25.0 Å². The molecule has 0 bridgehead atoms. The average Bonchev–Trinajstić information content (AvgIpc) is 2.35. The van der Waals surface area contributed by atoms with Crippen LogP contribution in [0.2, 0.25) is 0 Å². The number of rotatable bonds is 8. The fourth-order valence-corrected chi connectivity index (χ4v) is 1.72. The maximum absolute atomic E-state index is 9.77. The molecular formula is C15H25NO3. The molecule has 4 nitrogen and oxygen atoms in total. The molecule has 0 heterocycles. The van der Waals surface area contributed by atoms with Gasteiger partial charge in [-0.2, -0.15) is 0 Å². The lowest BCUT2D eigenvalue weighted by Crippen LogP contribution is -2.25. The first-order valence-corrected chi connectivity index (χ1v) is 6.69. The van der Waals surface area contributed by atoms with Crippen LogP contribution in [0.25, 0.3) is 0 Å². The molecule has 0 spiro atoms. The van der Waals surface area contributed by atoms with Gasteiger partial charge in [0.2, 0.25) is 0 Å². The highest BCUT2D eigenvalue weighted by molar-refractivity contribution is 5.36. The highest BCUT2D eigenvalue weighted by Gasteiger charge is 2.09. The zero-order valence-electron chi connectivity index (χ0n) is 12.3. The van der Waals surface area contributed by atoms with Gasteiger partial charge in [-0.15, -0.1) is 0 Å². The lowest BCUT2D eigenvalue weighted by molar-refractivity contribution is -0.0124. The molecular weight excluding hydrogens is 242 g/mol. The standard InChI is InChI=1S/C15H25NO3/c1-11(2)18-9-14(17)10-19-15-6-5-12(3)7-13(15)8-16-4/h5-7,11,14,16-17H,8-10H2,1-4H3. The maximum Gasteiger partial charge on any atom is 0.123 e. The van der Waals surface area contributed by atoms with Gasteiger partial charge in [-0.05, 0) is 33.9 Å². The van der Waals surface area contributed by atoms with E-state index < -0.39 is 6.10 Å². The molecule has 0 aromatic heterocycles. The minimum absolute atomic E-state index is 0.119. The van der Waals surface area contributed by atoms with Crippen LogP contribution in [0, 0.1) is 6.92 Å². The number of ether oxygens (including phenoxy) is 2. The van der Waals surface area contributed by atoms with Gasteiger partial charge in [-0.3, -0.25) is 0 Å². The van der Waals surface area contributed by atoms with E-state index in [0.29, 0.717) is 6.61 Å². The molecule has 1 aromatic carbocycles. The van der Waals surface area contributed by atoms with E-state index in [2.05, 4.69) is 11.4 Å². The van der Waals surface area contributed by atoms with Gasteiger partial charge < -0.3 is 19.9 Å². The number of hydrogen-bond donors (Lipinski definition) is 2. The van der Waals surface area contributed by atoms with Crippen molar-refractivity contribution in [3.63, 3.8) is 0 Å². The topological polar surface area (TPSA) is 50.7 Å². The predicted molar refractivity (Wildman–Crippen MR) is 76.5 cm³/mol. The Morgan fingerprint density at radius 2 is 2.00 bits per heavy atom. The number of aliphatic hydroxyl groups excluding tert-OH is 1. The van der Waals surface area contributed by atoms with Crippen molar-refractivity contribution in [2.24, 2.45) is 0 Å². The number of aryl methyl sites for hydroxylation is 1. The van der Waals surface area contributed by atoms with Crippen molar-refractivity contribution in [2.45, 2.75) is 39.5 Å². The SMILES string of the molecule is CNCc1cc(C)ccc1OCC(O)COC(C)C. The highest BCUT2D eigenvalue weighted by Crippen LogP contribution is 2.20. The largest absolute Gasteiger partial charge is 0.490 e. The van der Waals surface area contributed by atoms with Crippen LogP contribution in [0.3, 0.4) is 0 Å². The number of aliphatic hydroxyl groups is 1. The second kappa shape index (κ2) is 8.15. The lowest BCUT2D eigenvalue weighted by atomic mass is 10.1. The molecule has 0 amide bonds. The molecule has 1 rings (SSSR count). The minimum atomic E-state index is -0.605. The summed E-state index contributed by atoms with van der Waals surface area (Å²) in [5.74, 6) is 0.809. The van der Waals surface area contributed by atoms with E-state index in [1.54, 1.807) is 0 Å². The van der Waals surface area contributed by atoms with Gasteiger partial charge in [0.15, 0.2) is 0 Å². The van der Waals surface area contributed by atoms with Crippen molar-refractivity contribution in [3.05, 3.63) is 29.3 Å². The third-order valence-corrected chi connectivity index (χ3v) is 2.64. The predicted octanol–water partition coefficient (Wildman–Crippen LogP) is 1.88. The molecule has 0 aliphatic carbocycles. The van der Waals surface area contributed by atoms with E-state index >= 15 is 0 Å². The van der Waals surface area contributed by atoms with Gasteiger partial charge in [0, 0.05) is 12.1 Å². The molecule has 1 unspecified atom stereocenters. The molecule has 4 heteroatoms. The Morgan fingerprint density at radius 1 is 1.26 bits per heavy atom. The number of nitrogens with one attached hydrogen (secondary N) is 1. The van der Waals surface area contributed by atoms with Crippen LogP contribution >= 0.6 is 0 Å². The summed E-state index contributed by atoms with van der Waals surface area (Å²) in [6.45, 7) is 7.22. The molecule has 0 radical (unpaired) electrons. The number of benzene rings is 1. The van der Waals surface area contributed by atoms with Crippen LogP contribution in [0.5, 0.6) is 5.75 Å². The Balaban J connectivity index is 2.52. The van der Waals surface area contributed by atoms with Gasteiger partial charge >= 0.3 is 0 Å². The summed E-state index contributed by atoms with van der Waals surface area (Å²) in [5.41, 5.74) is 2.29. The summed E-state index contributed by atoms with van der Waals surface area (Å²) in [6.07, 6.45) is -0.486. The first-order valence-electron chi connectivity index (χ1n) is 6.69. The molecule has 1 atom stereocenters. The van der Waals surface area contributed by atoms with Crippen LogP contribution < -0.4 is 10.1 Å². The monoisotopic (exact) mass is 267 g/mol. The Hall–Kier alpha value is -1.10. The van der Waals surface area contributed by atoms with Gasteiger partial charge in [0.25, 0.3) is 0 Å². The van der Waals surface area contributed by atoms with Crippen LogP contribution in [0.15, 0.2) is 18.2 Å². The van der Waals surface area contributed by atoms with Gasteiger partial charge in [-0.1, -0.05) is 17.7 Å². The third kappa shape index (κ3) is 6.05. The summed E-state index contributed by atoms with van der Waals surface area (Å²) in [6, 6.07) is 6.03. The Kier molecular flexibility index (Phi) is 6.84. The summed E-state index contributed by atoms with van der Waals surface area (Å²) in [5, 5.41) is 12.9. The first-order chi connectivity index (χ1) is 9.02. The minimum Gasteiger partial charge on any atom is -0.490 e. The molecule has 108 valence electrons. The third-order valence-electron chi connectivity index (χ3n) is 2.64. The van der Waals surface area contributed by atoms with E-state index in [0.717, 1.165) is 17.9 Å². The van der Waals surface area contributed by atoms with Crippen molar-refractivity contribution in [2.75, 3.05) is 20.3 Å². The summed E-state index contributed by atoms with van der Waals surface area (Å²) in [7, 11) is 1.90. The zero-order valence-corrected chi connectivity index (χ0v) is 12.3. The van der Waals surface area contributed by atoms with Crippen LogP contribution in [-0.2, 0) is 11.3 Å². The van der Waals surface area contributed by atoms with E-state index in [4.69, 9.17) is 9.47 Å². The zero-order chi connectivity index (χ0) is 14.3. The van der Waals surface area contributed by atoms with Gasteiger partial charge in [0.1, 0.15) is 18.5 Å². The average molecular weight is 267 g/mol. The summed E-state index contributed by atoms with van der Waals surface area (Å²) in [4.78, 5) is 0. The fraction of sp³-hybridized carbons (Fsp3) is 0.600. The van der Waals surface area contributed by atoms with E-state index in [9.17, 15) is 5.11 Å². The van der Waals surface area contributed by atoms with E-state index in [1.165, 1.54) is 5.56 Å². The van der Waals surface area contributed by atoms with Crippen molar-refractivity contribution < 1.29 is 14.6 Å². The second-order valence-corrected chi connectivity index (χ2v) is 4.99. The van der Waals surface area contributed by atoms with Gasteiger partial charge in [-0.25, -0.2) is 0 Å².